The van der Waals surface area contributed by atoms with E-state index in [2.05, 4.69) is 88.9 Å². The number of halogens is 4. The van der Waals surface area contributed by atoms with Crippen molar-refractivity contribution in [3.8, 4) is 0 Å². The Hall–Kier alpha value is 1.20. The average molecular weight is 1060 g/mol. The third-order valence-electron chi connectivity index (χ3n) is 10.7. The molecule has 2 aromatic carbocycles. The van der Waals surface area contributed by atoms with Gasteiger partial charge in [0.15, 0.2) is 0 Å². The smallest absolute Gasteiger partial charge is 0.129 e. The van der Waals surface area contributed by atoms with Gasteiger partial charge in [0.25, 0.3) is 0 Å². The molecule has 254 valence electrons. The molecule has 2 fully saturated rings. The van der Waals surface area contributed by atoms with E-state index in [4.69, 9.17) is 0 Å². The molecule has 4 nitrogen and oxygen atoms in total. The van der Waals surface area contributed by atoms with Crippen LogP contribution in [0.2, 0.25) is 0 Å². The highest BCUT2D eigenvalue weighted by Crippen LogP contribution is 2.22. The van der Waals surface area contributed by atoms with Crippen LogP contribution >= 0.6 is 0 Å². The van der Waals surface area contributed by atoms with E-state index >= 15 is 0 Å². The highest BCUT2D eigenvalue weighted by Gasteiger charge is 2.37. The van der Waals surface area contributed by atoms with Gasteiger partial charge in [0, 0.05) is 11.1 Å². The Kier molecular flexibility index (Phi) is 22.6. The van der Waals surface area contributed by atoms with E-state index in [-0.39, 0.29) is 95.9 Å². The van der Waals surface area contributed by atoms with Crippen LogP contribution in [0.3, 0.4) is 0 Å². The van der Waals surface area contributed by atoms with Gasteiger partial charge < -0.3 is 114 Å². The summed E-state index contributed by atoms with van der Waals surface area (Å²) in [5.41, 5.74) is 2.98. The van der Waals surface area contributed by atoms with Crippen LogP contribution < -0.4 is 95.9 Å². The predicted molar refractivity (Wildman–Crippen MR) is 171 cm³/mol. The van der Waals surface area contributed by atoms with E-state index < -0.39 is 0 Å². The first-order valence-electron chi connectivity index (χ1n) is 16.6. The number of rotatable bonds is 15. The van der Waals surface area contributed by atoms with Crippen LogP contribution in [0.25, 0.3) is 0 Å². The molecule has 2 aliphatic rings. The Bertz CT molecular complexity index is 910. The molecule has 0 saturated carbocycles. The minimum atomic E-state index is 0. The number of piperazine rings is 2. The maximum absolute atomic E-state index is 2.51. The van der Waals surface area contributed by atoms with Crippen LogP contribution in [0.4, 0.5) is 0 Å². The molecule has 4 rings (SSSR count). The van der Waals surface area contributed by atoms with Crippen LogP contribution in [-0.4, -0.2) is 112 Å². The van der Waals surface area contributed by atoms with Crippen LogP contribution in [-0.2, 0) is 13.1 Å². The SMILES string of the molecule is C[N+]1(CCCCCCCCCC[N+]2(C)CC[N+](C)(Cc3ccccc3)CC2)CC[N+](C)(Cc2ccccc2)CC1.[I-].[I-].[I-].[I-]. The van der Waals surface area contributed by atoms with Crippen molar-refractivity contribution >= 4 is 0 Å². The molecule has 0 amide bonds. The summed E-state index contributed by atoms with van der Waals surface area (Å²) in [6, 6.07) is 22.2. The summed E-state index contributed by atoms with van der Waals surface area (Å²) in [6.45, 7) is 15.8. The van der Waals surface area contributed by atoms with Gasteiger partial charge in [-0.2, -0.15) is 0 Å². The van der Waals surface area contributed by atoms with Gasteiger partial charge in [-0.15, -0.1) is 0 Å². The lowest BCUT2D eigenvalue weighted by atomic mass is 10.1. The molecule has 2 aliphatic heterocycles. The van der Waals surface area contributed by atoms with Gasteiger partial charge in [-0.25, -0.2) is 0 Å². The van der Waals surface area contributed by atoms with Crippen molar-refractivity contribution in [2.75, 3.05) is 93.6 Å². The highest BCUT2D eigenvalue weighted by atomic mass is 127. The zero-order valence-electron chi connectivity index (χ0n) is 28.2. The van der Waals surface area contributed by atoms with E-state index in [1.165, 1.54) is 159 Å². The largest absolute Gasteiger partial charge is 1.00 e. The molecule has 8 heteroatoms. The zero-order valence-corrected chi connectivity index (χ0v) is 36.8. The van der Waals surface area contributed by atoms with Gasteiger partial charge in [-0.3, -0.25) is 0 Å². The summed E-state index contributed by atoms with van der Waals surface area (Å²) in [6.07, 6.45) is 11.4. The summed E-state index contributed by atoms with van der Waals surface area (Å²) < 4.78 is 5.01. The molecule has 2 saturated heterocycles. The maximum Gasteiger partial charge on any atom is 0.129 e. The molecule has 2 heterocycles. The summed E-state index contributed by atoms with van der Waals surface area (Å²) in [4.78, 5) is 0. The lowest BCUT2D eigenvalue weighted by Crippen LogP contribution is -3.00. The van der Waals surface area contributed by atoms with Gasteiger partial charge in [0.05, 0.1) is 41.3 Å². The number of likely N-dealkylation sites (N-methyl/N-ethyl adjacent to an activating group) is 4. The molecule has 44 heavy (non-hydrogen) atoms. The second-order valence-electron chi connectivity index (χ2n) is 14.8. The van der Waals surface area contributed by atoms with Crippen molar-refractivity contribution in [3.05, 3.63) is 71.8 Å². The molecular formula is C36H62I4N4. The van der Waals surface area contributed by atoms with Crippen molar-refractivity contribution < 1.29 is 114 Å². The summed E-state index contributed by atoms with van der Waals surface area (Å²) in [7, 11) is 9.96. The summed E-state index contributed by atoms with van der Waals surface area (Å²) >= 11 is 0. The van der Waals surface area contributed by atoms with Gasteiger partial charge in [-0.1, -0.05) is 86.3 Å². The van der Waals surface area contributed by atoms with Crippen LogP contribution in [0, 0.1) is 0 Å². The molecule has 0 aromatic heterocycles. The second kappa shape index (κ2) is 22.0. The Morgan fingerprint density at radius 2 is 0.614 bits per heavy atom. The standard InChI is InChI=1S/C36H62N4.4HI/c1-37(25-29-39(3,30-26-37)33-35-19-13-11-14-20-35)23-17-9-7-5-6-8-10-18-24-38(2)27-31-40(4,32-28-38)34-36-21-15-12-16-22-36;;;;/h11-16,19-22H,5-10,17-18,23-34H2,1-4H3;4*1H/q+4;;;;/p-4. The fourth-order valence-electron chi connectivity index (χ4n) is 7.24. The Balaban J connectivity index is 0.00000462. The van der Waals surface area contributed by atoms with Crippen LogP contribution in [0.1, 0.15) is 62.5 Å². The molecule has 0 aliphatic carbocycles. The molecule has 0 unspecified atom stereocenters. The first kappa shape index (κ1) is 45.2. The van der Waals surface area contributed by atoms with Crippen molar-refractivity contribution in [1.29, 1.82) is 0 Å². The van der Waals surface area contributed by atoms with Gasteiger partial charge in [0.2, 0.25) is 0 Å². The third kappa shape index (κ3) is 15.6. The Morgan fingerprint density at radius 3 is 0.909 bits per heavy atom. The zero-order chi connectivity index (χ0) is 28.4. The second-order valence-corrected chi connectivity index (χ2v) is 14.8. The maximum atomic E-state index is 2.51. The third-order valence-corrected chi connectivity index (χ3v) is 10.7. The Morgan fingerprint density at radius 1 is 0.364 bits per heavy atom. The number of nitrogens with zero attached hydrogens (tertiary/aromatic N) is 4. The highest BCUT2D eigenvalue weighted by molar-refractivity contribution is 5.14. The first-order chi connectivity index (χ1) is 19.2. The monoisotopic (exact) mass is 1060 g/mol. The average Bonchev–Trinajstić information content (AvgIpc) is 2.95. The number of hydrogen-bond acceptors (Lipinski definition) is 0. The fraction of sp³-hybridized carbons (Fsp3) is 0.667. The quantitative estimate of drug-likeness (QED) is 0.0951. The minimum Gasteiger partial charge on any atom is -1.00 e. The van der Waals surface area contributed by atoms with Crippen LogP contribution in [0.5, 0.6) is 0 Å². The normalized spacial score (nSPS) is 28.0. The van der Waals surface area contributed by atoms with Gasteiger partial charge in [-0.05, 0) is 25.7 Å². The van der Waals surface area contributed by atoms with E-state index in [0.29, 0.717) is 0 Å². The predicted octanol–water partition coefficient (Wildman–Crippen LogP) is -5.66. The molecule has 0 radical (unpaired) electrons. The summed E-state index contributed by atoms with van der Waals surface area (Å²) in [5.74, 6) is 0. The fourth-order valence-corrected chi connectivity index (χ4v) is 7.24. The topological polar surface area (TPSA) is 0 Å². The molecule has 0 N–H and O–H groups in total. The first-order valence-corrected chi connectivity index (χ1v) is 16.6. The van der Waals surface area contributed by atoms with Crippen molar-refractivity contribution in [2.24, 2.45) is 0 Å². The van der Waals surface area contributed by atoms with Crippen molar-refractivity contribution in [1.82, 2.24) is 0 Å². The van der Waals surface area contributed by atoms with E-state index in [1.54, 1.807) is 0 Å². The molecule has 0 bridgehead atoms. The van der Waals surface area contributed by atoms with Crippen molar-refractivity contribution in [2.45, 2.75) is 64.5 Å². The van der Waals surface area contributed by atoms with Gasteiger partial charge >= 0.3 is 0 Å². The molecule has 2 aromatic rings. The molecule has 0 atom stereocenters. The Labute approximate surface area is 340 Å². The number of hydrogen-bond donors (Lipinski definition) is 0. The van der Waals surface area contributed by atoms with E-state index in [0.717, 1.165) is 0 Å². The van der Waals surface area contributed by atoms with Crippen LogP contribution in [0.15, 0.2) is 60.7 Å². The molecule has 0 spiro atoms. The number of unbranched alkanes of at least 4 members (excludes halogenated alkanes) is 7. The van der Waals surface area contributed by atoms with E-state index in [1.807, 2.05) is 0 Å². The lowest BCUT2D eigenvalue weighted by molar-refractivity contribution is -1.02. The number of quaternary nitrogens is 4. The lowest BCUT2D eigenvalue weighted by Gasteiger charge is -2.46. The molecular weight excluding hydrogens is 996 g/mol. The van der Waals surface area contributed by atoms with Crippen molar-refractivity contribution in [3.63, 3.8) is 0 Å². The van der Waals surface area contributed by atoms with E-state index in [9.17, 15) is 0 Å². The van der Waals surface area contributed by atoms with Gasteiger partial charge in [0.1, 0.15) is 65.4 Å². The summed E-state index contributed by atoms with van der Waals surface area (Å²) in [5, 5.41) is 0. The minimum absolute atomic E-state index is 0. The number of benzene rings is 2.